The molecule has 1 aromatic carbocycles. The summed E-state index contributed by atoms with van der Waals surface area (Å²) in [6.07, 6.45) is 5.27. The number of hydrogen-bond acceptors (Lipinski definition) is 5. The fourth-order valence-corrected chi connectivity index (χ4v) is 4.55. The van der Waals surface area contributed by atoms with Crippen molar-refractivity contribution in [1.29, 1.82) is 0 Å². The maximum atomic E-state index is 12.3. The molecule has 3 aromatic rings. The molecule has 1 fully saturated rings. The first-order valence-corrected chi connectivity index (χ1v) is 10.8. The monoisotopic (exact) mass is 486 g/mol. The van der Waals surface area contributed by atoms with Gasteiger partial charge in [-0.15, -0.1) is 0 Å². The van der Waals surface area contributed by atoms with Crippen LogP contribution in [-0.2, 0) is 22.7 Å². The lowest BCUT2D eigenvalue weighted by Gasteiger charge is -2.37. The molecule has 162 valence electrons. The maximum absolute atomic E-state index is 12.3. The second kappa shape index (κ2) is 9.17. The van der Waals surface area contributed by atoms with Crippen LogP contribution in [0.15, 0.2) is 53.4 Å². The lowest BCUT2D eigenvalue weighted by Crippen LogP contribution is -2.48. The lowest BCUT2D eigenvalue weighted by atomic mass is 10.0. The van der Waals surface area contributed by atoms with Gasteiger partial charge < -0.3 is 14.8 Å². The first-order chi connectivity index (χ1) is 14.9. The summed E-state index contributed by atoms with van der Waals surface area (Å²) in [7, 11) is 0. The molecular formula is C22H23BrN4O4. The summed E-state index contributed by atoms with van der Waals surface area (Å²) < 4.78 is 2.42. The average molecular weight is 487 g/mol. The molecule has 1 aliphatic heterocycles. The van der Waals surface area contributed by atoms with Crippen molar-refractivity contribution >= 4 is 38.8 Å². The highest BCUT2D eigenvalue weighted by Crippen LogP contribution is 2.33. The van der Waals surface area contributed by atoms with Gasteiger partial charge in [-0.25, -0.2) is 0 Å². The van der Waals surface area contributed by atoms with Gasteiger partial charge in [-0.3, -0.25) is 24.4 Å². The van der Waals surface area contributed by atoms with Gasteiger partial charge in [-0.05, 0) is 23.8 Å². The largest absolute Gasteiger partial charge is 0.480 e. The average Bonchev–Trinajstić information content (AvgIpc) is 3.06. The lowest BCUT2D eigenvalue weighted by molar-refractivity contribution is -0.144. The van der Waals surface area contributed by atoms with Gasteiger partial charge in [0, 0.05) is 66.7 Å². The Hall–Kier alpha value is -2.75. The molecule has 1 saturated heterocycles. The number of hydrogen-bond donors (Lipinski definition) is 2. The Morgan fingerprint density at radius 3 is 2.55 bits per heavy atom. The molecule has 0 bridgehead atoms. The Labute approximate surface area is 187 Å². The Kier molecular flexibility index (Phi) is 6.35. The zero-order valence-corrected chi connectivity index (χ0v) is 18.4. The number of rotatable bonds is 7. The van der Waals surface area contributed by atoms with Crippen LogP contribution in [0.5, 0.6) is 0 Å². The fraction of sp³-hybridized carbons (Fsp3) is 0.318. The van der Waals surface area contributed by atoms with Crippen molar-refractivity contribution in [2.24, 2.45) is 0 Å². The molecule has 0 aliphatic carbocycles. The van der Waals surface area contributed by atoms with Crippen LogP contribution in [0.25, 0.3) is 10.9 Å². The number of pyridine rings is 1. The molecular weight excluding hydrogens is 464 g/mol. The van der Waals surface area contributed by atoms with Crippen molar-refractivity contribution in [3.8, 4) is 0 Å². The van der Waals surface area contributed by atoms with Crippen LogP contribution >= 0.6 is 15.9 Å². The molecule has 31 heavy (non-hydrogen) atoms. The van der Waals surface area contributed by atoms with E-state index in [-0.39, 0.29) is 6.54 Å². The molecule has 9 heteroatoms. The van der Waals surface area contributed by atoms with Crippen molar-refractivity contribution in [2.45, 2.75) is 19.1 Å². The molecule has 1 atom stereocenters. The van der Waals surface area contributed by atoms with E-state index in [0.717, 1.165) is 35.1 Å². The predicted molar refractivity (Wildman–Crippen MR) is 119 cm³/mol. The fourth-order valence-electron chi connectivity index (χ4n) is 4.20. The molecule has 4 rings (SSSR count). The number of aliphatic carboxylic acids is 2. The van der Waals surface area contributed by atoms with E-state index in [0.29, 0.717) is 24.2 Å². The Morgan fingerprint density at radius 2 is 1.90 bits per heavy atom. The van der Waals surface area contributed by atoms with Gasteiger partial charge in [0.15, 0.2) is 0 Å². The van der Waals surface area contributed by atoms with Crippen molar-refractivity contribution in [1.82, 2.24) is 19.4 Å². The first kappa shape index (κ1) is 21.5. The van der Waals surface area contributed by atoms with Crippen LogP contribution in [-0.4, -0.2) is 67.7 Å². The molecule has 0 amide bonds. The molecule has 0 unspecified atom stereocenters. The normalized spacial score (nSPS) is 16.4. The number of aromatic nitrogens is 2. The predicted octanol–water partition coefficient (Wildman–Crippen LogP) is 2.83. The molecule has 8 nitrogen and oxygen atoms in total. The first-order valence-electron chi connectivity index (χ1n) is 10.0. The summed E-state index contributed by atoms with van der Waals surface area (Å²) in [6.45, 7) is 3.28. The molecule has 2 aromatic heterocycles. The number of carbonyl (C=O) groups is 2. The van der Waals surface area contributed by atoms with Crippen molar-refractivity contribution < 1.29 is 19.8 Å². The number of halogens is 1. The van der Waals surface area contributed by atoms with Crippen LogP contribution in [0.3, 0.4) is 0 Å². The minimum atomic E-state index is -0.973. The second-order valence-electron chi connectivity index (χ2n) is 7.68. The summed E-state index contributed by atoms with van der Waals surface area (Å²) in [5.41, 5.74) is 2.46. The van der Waals surface area contributed by atoms with Gasteiger partial charge >= 0.3 is 11.9 Å². The smallest absolute Gasteiger partial charge is 0.325 e. The Balaban J connectivity index is 1.58. The molecule has 0 saturated carbocycles. The number of fused-ring (bicyclic) bond motifs is 1. The van der Waals surface area contributed by atoms with Crippen LogP contribution in [0.4, 0.5) is 0 Å². The Morgan fingerprint density at radius 1 is 1.13 bits per heavy atom. The van der Waals surface area contributed by atoms with Crippen LogP contribution < -0.4 is 0 Å². The number of carboxylic acids is 2. The maximum Gasteiger partial charge on any atom is 0.325 e. The highest BCUT2D eigenvalue weighted by molar-refractivity contribution is 9.10. The van der Waals surface area contributed by atoms with E-state index in [1.165, 1.54) is 0 Å². The van der Waals surface area contributed by atoms with E-state index in [1.54, 1.807) is 17.0 Å². The van der Waals surface area contributed by atoms with Crippen LogP contribution in [0.1, 0.15) is 17.2 Å². The Bertz CT molecular complexity index is 1090. The van der Waals surface area contributed by atoms with E-state index in [4.69, 9.17) is 0 Å². The third-order valence-electron chi connectivity index (χ3n) is 5.61. The van der Waals surface area contributed by atoms with Crippen molar-refractivity contribution in [3.63, 3.8) is 0 Å². The van der Waals surface area contributed by atoms with Gasteiger partial charge in [0.2, 0.25) is 0 Å². The number of piperazine rings is 1. The summed E-state index contributed by atoms with van der Waals surface area (Å²) >= 11 is 3.42. The number of carboxylic acid groups (broad SMARTS) is 2. The van der Waals surface area contributed by atoms with E-state index in [2.05, 4.69) is 25.8 Å². The second-order valence-corrected chi connectivity index (χ2v) is 8.60. The standard InChI is InChI=1S/C22H23BrN4O4/c23-16-3-4-17-18(13-27(14-20(28)29)19(17)10-16)21(22(30)31)26-8-6-25(7-9-26)12-15-2-1-5-24-11-15/h1-5,10-11,13,21H,6-9,12,14H2,(H,28,29)(H,30,31)/t21-/m0/s1. The topological polar surface area (TPSA) is 98.9 Å². The van der Waals surface area contributed by atoms with E-state index < -0.39 is 18.0 Å². The summed E-state index contributed by atoms with van der Waals surface area (Å²) in [4.78, 5) is 32.0. The van der Waals surface area contributed by atoms with Crippen LogP contribution in [0.2, 0.25) is 0 Å². The molecule has 3 heterocycles. The van der Waals surface area contributed by atoms with Crippen molar-refractivity contribution in [2.75, 3.05) is 26.2 Å². The highest BCUT2D eigenvalue weighted by atomic mass is 79.9. The number of nitrogens with zero attached hydrogens (tertiary/aromatic N) is 4. The van der Waals surface area contributed by atoms with Gasteiger partial charge in [-0.2, -0.15) is 0 Å². The molecule has 2 N–H and O–H groups in total. The van der Waals surface area contributed by atoms with Crippen LogP contribution in [0, 0.1) is 0 Å². The summed E-state index contributed by atoms with van der Waals surface area (Å²) in [6, 6.07) is 8.64. The van der Waals surface area contributed by atoms with E-state index in [1.807, 2.05) is 41.4 Å². The third-order valence-corrected chi connectivity index (χ3v) is 6.10. The van der Waals surface area contributed by atoms with E-state index >= 15 is 0 Å². The van der Waals surface area contributed by atoms with E-state index in [9.17, 15) is 19.8 Å². The third kappa shape index (κ3) is 4.79. The highest BCUT2D eigenvalue weighted by Gasteiger charge is 2.33. The minimum absolute atomic E-state index is 0.224. The van der Waals surface area contributed by atoms with Gasteiger partial charge in [0.25, 0.3) is 0 Å². The van der Waals surface area contributed by atoms with Gasteiger partial charge in [0.05, 0.1) is 5.52 Å². The number of benzene rings is 1. The summed E-state index contributed by atoms with van der Waals surface area (Å²) in [5.74, 6) is -1.91. The molecule has 0 spiro atoms. The zero-order chi connectivity index (χ0) is 22.0. The quantitative estimate of drug-likeness (QED) is 0.529. The SMILES string of the molecule is O=C(O)Cn1cc([C@@H](C(=O)O)N2CCN(Cc3cccnc3)CC2)c2ccc(Br)cc21. The van der Waals surface area contributed by atoms with Gasteiger partial charge in [0.1, 0.15) is 12.6 Å². The molecule has 1 aliphatic rings. The van der Waals surface area contributed by atoms with Gasteiger partial charge in [-0.1, -0.05) is 28.1 Å². The van der Waals surface area contributed by atoms with Crippen molar-refractivity contribution in [3.05, 3.63) is 64.5 Å². The zero-order valence-electron chi connectivity index (χ0n) is 16.8. The molecule has 0 radical (unpaired) electrons. The summed E-state index contributed by atoms with van der Waals surface area (Å²) in [5, 5.41) is 20.1. The minimum Gasteiger partial charge on any atom is -0.480 e.